The Morgan fingerprint density at radius 1 is 0.907 bits per heavy atom. The third-order valence-electron chi connectivity index (χ3n) is 18.5. The number of hydrogen-bond acceptors (Lipinski definition) is 15. The number of carbonyl (C=O) groups is 2. The zero-order chi connectivity index (χ0) is 59.2. The first-order valence-electron chi connectivity index (χ1n) is 30.1. The van der Waals surface area contributed by atoms with Gasteiger partial charge in [-0.3, -0.25) is 33.7 Å². The molecule has 6 atom stereocenters. The van der Waals surface area contributed by atoms with Gasteiger partial charge in [0.15, 0.2) is 11.3 Å². The number of likely N-dealkylation sites (tertiary alicyclic amines) is 2. The Labute approximate surface area is 494 Å². The van der Waals surface area contributed by atoms with Crippen LogP contribution in [0.1, 0.15) is 99.6 Å². The lowest BCUT2D eigenvalue weighted by Gasteiger charge is -2.34. The number of halogens is 1. The van der Waals surface area contributed by atoms with Gasteiger partial charge in [0.2, 0.25) is 11.8 Å². The maximum absolute atomic E-state index is 16.3. The number of benzene rings is 4. The van der Waals surface area contributed by atoms with Crippen LogP contribution in [0.25, 0.3) is 66.0 Å². The zero-order valence-electron chi connectivity index (χ0n) is 48.8. The molecule has 4 aliphatic heterocycles. The molecule has 86 heavy (non-hydrogen) atoms. The van der Waals surface area contributed by atoms with Crippen LogP contribution in [0.15, 0.2) is 84.0 Å². The Bertz CT molecular complexity index is 4170. The first-order chi connectivity index (χ1) is 41.7. The maximum Gasteiger partial charge on any atom is 0.319 e. The van der Waals surface area contributed by atoms with Crippen molar-refractivity contribution in [3.05, 3.63) is 118 Å². The smallest absolute Gasteiger partial charge is 0.319 e. The first-order valence-corrected chi connectivity index (χ1v) is 30.1. The highest BCUT2D eigenvalue weighted by atomic mass is 19.1. The molecule has 1 aliphatic carbocycles. The number of fused-ring (bicyclic) bond motifs is 7. The van der Waals surface area contributed by atoms with Gasteiger partial charge in [-0.2, -0.15) is 25.3 Å². The Hall–Kier alpha value is -8.31. The normalized spacial score (nSPS) is 20.8. The molecule has 9 heterocycles. The van der Waals surface area contributed by atoms with Crippen LogP contribution in [0.5, 0.6) is 11.8 Å². The summed E-state index contributed by atoms with van der Waals surface area (Å²) in [6.45, 7) is 10.6. The number of β-amino-alcohol motifs (C(OH)–C–C–N with tert-alkyl or cyclic N) is 1. The van der Waals surface area contributed by atoms with Gasteiger partial charge >= 0.3 is 6.01 Å². The average Bonchev–Trinajstić information content (AvgIpc) is 1.32. The molecule has 0 radical (unpaired) electrons. The van der Waals surface area contributed by atoms with Crippen molar-refractivity contribution in [3.63, 3.8) is 0 Å². The highest BCUT2D eigenvalue weighted by Crippen LogP contribution is 2.54. The van der Waals surface area contributed by atoms with Gasteiger partial charge in [-0.25, -0.2) is 4.39 Å². The van der Waals surface area contributed by atoms with E-state index in [2.05, 4.69) is 48.5 Å². The number of aromatic nitrogens is 9. The highest BCUT2D eigenvalue weighted by Gasteiger charge is 2.45. The molecule has 0 spiro atoms. The summed E-state index contributed by atoms with van der Waals surface area (Å²) < 4.78 is 39.3. The van der Waals surface area contributed by atoms with Crippen molar-refractivity contribution in [3.8, 4) is 34.1 Å². The van der Waals surface area contributed by atoms with Crippen molar-refractivity contribution in [1.82, 2.24) is 59.8 Å². The van der Waals surface area contributed by atoms with Gasteiger partial charge in [-0.15, -0.1) is 0 Å². The number of carbonyl (C=O) groups excluding carboxylic acids is 2. The Morgan fingerprint density at radius 2 is 1.72 bits per heavy atom. The predicted octanol–water partition coefficient (Wildman–Crippen LogP) is 7.61. The predicted molar refractivity (Wildman–Crippen MR) is 321 cm³/mol. The number of H-pyrrole nitrogens is 2. The molecule has 2 amide bonds. The lowest BCUT2D eigenvalue weighted by molar-refractivity contribution is -0.142. The third kappa shape index (κ3) is 9.88. The molecule has 21 nitrogen and oxygen atoms in total. The third-order valence-corrected chi connectivity index (χ3v) is 18.5. The first kappa shape index (κ1) is 55.6. The quantitative estimate of drug-likeness (QED) is 0.0589. The second-order valence-electron chi connectivity index (χ2n) is 24.4. The van der Waals surface area contributed by atoms with Crippen molar-refractivity contribution < 1.29 is 38.4 Å². The number of amides is 2. The van der Waals surface area contributed by atoms with Crippen molar-refractivity contribution in [2.75, 3.05) is 51.4 Å². The van der Waals surface area contributed by atoms with E-state index >= 15 is 4.39 Å². The second-order valence-corrected chi connectivity index (χ2v) is 24.4. The van der Waals surface area contributed by atoms with Crippen LogP contribution in [0.2, 0.25) is 0 Å². The number of aromatic amines is 2. The summed E-state index contributed by atoms with van der Waals surface area (Å²) >= 11 is 0. The largest absolute Gasteiger partial charge is 0.486 e. The average molecular weight is 1170 g/mol. The molecule has 5 N–H and O–H groups in total. The van der Waals surface area contributed by atoms with Gasteiger partial charge in [-0.05, 0) is 104 Å². The van der Waals surface area contributed by atoms with E-state index in [1.165, 1.54) is 15.6 Å². The topological polar surface area (TPSA) is 247 Å². The summed E-state index contributed by atoms with van der Waals surface area (Å²) in [6, 6.07) is 16.9. The number of aliphatic hydroxyl groups is 2. The van der Waals surface area contributed by atoms with Crippen LogP contribution in [0, 0.1) is 18.7 Å². The molecular formula is C64H70FN13O8. The number of nitrogens with one attached hydrogen (secondary N) is 3. The number of rotatable bonds is 17. The minimum absolute atomic E-state index is 0.00163. The summed E-state index contributed by atoms with van der Waals surface area (Å²) in [4.78, 5) is 63.0. The van der Waals surface area contributed by atoms with Gasteiger partial charge < -0.3 is 44.5 Å². The fourth-order valence-electron chi connectivity index (χ4n) is 13.8. The Morgan fingerprint density at radius 3 is 2.45 bits per heavy atom. The molecule has 6 unspecified atom stereocenters. The van der Waals surface area contributed by atoms with Crippen LogP contribution < -0.4 is 25.2 Å². The summed E-state index contributed by atoms with van der Waals surface area (Å²) in [5, 5.41) is 43.8. The van der Waals surface area contributed by atoms with E-state index in [1.54, 1.807) is 25.5 Å². The number of aryl methyl sites for hydroxylation is 1. The molecule has 9 aromatic rings. The molecule has 5 aliphatic rings. The number of nitrogens with zero attached hydrogens (tertiary/aromatic N) is 10. The lowest BCUT2D eigenvalue weighted by Crippen LogP contribution is -2.50. The summed E-state index contributed by atoms with van der Waals surface area (Å²) in [5.74, 6) is -0.256. The fourth-order valence-corrected chi connectivity index (χ4v) is 13.8. The fraction of sp³-hybridized carbons (Fsp3) is 0.438. The molecule has 5 fully saturated rings. The van der Waals surface area contributed by atoms with Crippen molar-refractivity contribution in [1.29, 1.82) is 0 Å². The zero-order valence-corrected chi connectivity index (χ0v) is 48.8. The number of anilines is 1. The van der Waals surface area contributed by atoms with E-state index in [0.717, 1.165) is 76.9 Å². The number of aliphatic hydroxyl groups excluding tert-OH is 2. The van der Waals surface area contributed by atoms with Crippen LogP contribution in [-0.4, -0.2) is 153 Å². The molecule has 22 heteroatoms. The van der Waals surface area contributed by atoms with Gasteiger partial charge in [0.05, 0.1) is 49.4 Å². The van der Waals surface area contributed by atoms with Crippen LogP contribution >= 0.6 is 0 Å². The van der Waals surface area contributed by atoms with Crippen LogP contribution in [0.4, 0.5) is 10.2 Å². The Balaban J connectivity index is 0.795. The molecule has 4 aromatic carbocycles. The molecule has 1 saturated carbocycles. The molecule has 5 aromatic heterocycles. The summed E-state index contributed by atoms with van der Waals surface area (Å²) in [6.07, 6.45) is 8.37. The van der Waals surface area contributed by atoms with E-state index in [0.29, 0.717) is 88.4 Å². The van der Waals surface area contributed by atoms with Gasteiger partial charge in [0.25, 0.3) is 5.56 Å². The molecular weight excluding hydrogens is 1100 g/mol. The number of ether oxygens (including phenoxy) is 3. The lowest BCUT2D eigenvalue weighted by atomic mass is 9.88. The molecule has 14 rings (SSSR count). The summed E-state index contributed by atoms with van der Waals surface area (Å²) in [7, 11) is 2.18. The number of hydrogen-bond donors (Lipinski definition) is 5. The van der Waals surface area contributed by atoms with Crippen LogP contribution in [-0.2, 0) is 27.5 Å². The minimum atomic E-state index is -1.04. The minimum Gasteiger partial charge on any atom is -0.486 e. The van der Waals surface area contributed by atoms with E-state index in [9.17, 15) is 24.6 Å². The van der Waals surface area contributed by atoms with E-state index < -0.39 is 48.2 Å². The standard InChI is InChI=1S/C64H70FN13O8/c1-6-77-52(15-18-67-77)38-12-10-37(11-13-38)51(31-79)69-61(81)53-23-41(80)29-76(53)63(83)58(33(2)3)78-30-47-43-14-7-35(21-49(43)68-62(82)57(47)73-78)32-85-59-55(54-34(4)48(65)25-50-46(54)26-66-72-50)44(36-8-9-36)24-45-56(59)70-64(86-42-16-19-84-20-17-42)71-60(45)75-28-39-22-40(75)27-74(39)5/h7,10-15,18,21,24-26,30,33,36,39-42,51,53,58,79-80H,6,8-9,16-17,19-20,22-23,27-29,31-32H2,1-5H3,(H,66,72)(H,68,82)(H,69,81). The van der Waals surface area contributed by atoms with E-state index in [-0.39, 0.29) is 60.9 Å². The maximum atomic E-state index is 16.3. The van der Waals surface area contributed by atoms with E-state index in [4.69, 9.17) is 29.3 Å². The molecule has 4 saturated heterocycles. The Kier molecular flexibility index (Phi) is 14.3. The molecule has 2 bridgehead atoms. The second kappa shape index (κ2) is 22.2. The molecule has 446 valence electrons. The van der Waals surface area contributed by atoms with Gasteiger partial charge in [0.1, 0.15) is 41.9 Å². The highest BCUT2D eigenvalue weighted by molar-refractivity contribution is 6.07. The summed E-state index contributed by atoms with van der Waals surface area (Å²) in [5.41, 5.74) is 7.45. The van der Waals surface area contributed by atoms with Crippen molar-refractivity contribution in [2.24, 2.45) is 5.92 Å². The van der Waals surface area contributed by atoms with Gasteiger partial charge in [0, 0.05) is 108 Å². The monoisotopic (exact) mass is 1170 g/mol. The van der Waals surface area contributed by atoms with Crippen molar-refractivity contribution in [2.45, 2.75) is 128 Å². The van der Waals surface area contributed by atoms with Gasteiger partial charge in [-0.1, -0.05) is 50.2 Å². The number of piperazine rings is 1. The number of pyridine rings is 1. The van der Waals surface area contributed by atoms with Crippen molar-refractivity contribution >= 4 is 61.2 Å². The SMILES string of the molecule is CCn1nccc1-c1ccc(C(CO)NC(=O)C2CC(O)CN2C(=O)C(C(C)C)n2cc3c(n2)c(=O)[nH]c2cc(COc4c(-c5c(C)c(F)cc6[nH]ncc56)c(C5CC5)cc5c(N6CC7CC6CN7C)nc(OC6CCOCC6)nc45)ccc23)cc1. The van der Waals surface area contributed by atoms with E-state index in [1.807, 2.05) is 74.0 Å². The number of likely N-dealkylation sites (N-methyl/N-ethyl adjacent to an activating group) is 1. The van der Waals surface area contributed by atoms with Crippen LogP contribution in [0.3, 0.4) is 0 Å².